The molecule has 0 saturated heterocycles. The van der Waals surface area contributed by atoms with E-state index in [4.69, 9.17) is 9.47 Å². The van der Waals surface area contributed by atoms with Crippen molar-refractivity contribution in [3.05, 3.63) is 76.7 Å². The van der Waals surface area contributed by atoms with Gasteiger partial charge in [0.25, 0.3) is 5.88 Å². The van der Waals surface area contributed by atoms with E-state index in [1.807, 2.05) is 42.5 Å². The molecule has 0 N–H and O–H groups in total. The van der Waals surface area contributed by atoms with E-state index in [0.29, 0.717) is 11.0 Å². The van der Waals surface area contributed by atoms with Crippen LogP contribution < -0.4 is 0 Å². The Morgan fingerprint density at radius 3 is 2.29 bits per heavy atom. The molecule has 3 nitrogen and oxygen atoms in total. The predicted octanol–water partition coefficient (Wildman–Crippen LogP) is 4.05. The molecule has 0 radical (unpaired) electrons. The molecular weight excluding hydrogens is 282 g/mol. The first kappa shape index (κ1) is 13.8. The van der Waals surface area contributed by atoms with Crippen LogP contribution in [0, 0.1) is 0 Å². The highest BCUT2D eigenvalue weighted by Gasteiger charge is 2.21. The van der Waals surface area contributed by atoms with Crippen LogP contribution in [0.2, 0.25) is 0 Å². The molecule has 0 fully saturated rings. The Labute approximate surface area is 128 Å². The van der Waals surface area contributed by atoms with Gasteiger partial charge < -0.3 is 9.47 Å². The van der Waals surface area contributed by atoms with Crippen molar-refractivity contribution < 1.29 is 9.47 Å². The van der Waals surface area contributed by atoms with Crippen molar-refractivity contribution in [3.63, 3.8) is 0 Å². The van der Waals surface area contributed by atoms with Crippen LogP contribution in [0.15, 0.2) is 75.5 Å². The number of aliphatic imine (C=N–C) groups is 1. The number of nitrogens with zero attached hydrogens (tertiary/aromatic N) is 1. The Bertz CT molecular complexity index is 708. The second kappa shape index (κ2) is 6.06. The number of thioether (sulfide) groups is 1. The molecule has 106 valence electrons. The molecule has 1 aliphatic rings. The van der Waals surface area contributed by atoms with Gasteiger partial charge in [0.05, 0.1) is 19.9 Å². The van der Waals surface area contributed by atoms with E-state index in [-0.39, 0.29) is 0 Å². The third-order valence-electron chi connectivity index (χ3n) is 3.16. The molecule has 1 aliphatic heterocycles. The monoisotopic (exact) mass is 297 g/mol. The van der Waals surface area contributed by atoms with Gasteiger partial charge in [0.15, 0.2) is 0 Å². The maximum atomic E-state index is 5.43. The van der Waals surface area contributed by atoms with E-state index in [0.717, 1.165) is 21.7 Å². The van der Waals surface area contributed by atoms with Crippen molar-refractivity contribution in [1.82, 2.24) is 0 Å². The molecular formula is C17H15NO2S. The molecule has 0 aliphatic carbocycles. The number of fused-ring (bicyclic) bond motifs is 1. The van der Waals surface area contributed by atoms with Gasteiger partial charge in [-0.25, -0.2) is 4.99 Å². The fourth-order valence-corrected chi connectivity index (χ4v) is 3.10. The van der Waals surface area contributed by atoms with Gasteiger partial charge in [-0.1, -0.05) is 48.5 Å². The third kappa shape index (κ3) is 2.67. The van der Waals surface area contributed by atoms with Crippen LogP contribution in [0.5, 0.6) is 0 Å². The minimum absolute atomic E-state index is 0.498. The van der Waals surface area contributed by atoms with Crippen molar-refractivity contribution >= 4 is 17.5 Å². The zero-order valence-corrected chi connectivity index (χ0v) is 12.7. The van der Waals surface area contributed by atoms with Crippen molar-refractivity contribution in [1.29, 1.82) is 0 Å². The van der Waals surface area contributed by atoms with Crippen LogP contribution in [0.1, 0.15) is 11.1 Å². The highest BCUT2D eigenvalue weighted by atomic mass is 32.2. The molecule has 4 heteroatoms. The highest BCUT2D eigenvalue weighted by Crippen LogP contribution is 2.36. The highest BCUT2D eigenvalue weighted by molar-refractivity contribution is 8.03. The number of hydrogen-bond donors (Lipinski definition) is 0. The van der Waals surface area contributed by atoms with Crippen molar-refractivity contribution in [2.75, 3.05) is 14.2 Å². The summed E-state index contributed by atoms with van der Waals surface area (Å²) in [5.41, 5.74) is 3.02. The SMILES string of the molecule is COC1=C(OC)Sc2ccccc2C(c2ccccc2)=N1. The lowest BCUT2D eigenvalue weighted by Crippen LogP contribution is -2.04. The Kier molecular flexibility index (Phi) is 3.97. The molecule has 2 aromatic carbocycles. The number of rotatable bonds is 3. The van der Waals surface area contributed by atoms with Crippen molar-refractivity contribution in [2.45, 2.75) is 4.90 Å². The maximum Gasteiger partial charge on any atom is 0.264 e. The molecule has 0 aromatic heterocycles. The first-order valence-corrected chi connectivity index (χ1v) is 7.38. The first-order valence-electron chi connectivity index (χ1n) is 6.57. The molecule has 2 aromatic rings. The summed E-state index contributed by atoms with van der Waals surface area (Å²) in [6.07, 6.45) is 0. The van der Waals surface area contributed by atoms with Gasteiger partial charge in [0.1, 0.15) is 0 Å². The van der Waals surface area contributed by atoms with Crippen LogP contribution in [0.25, 0.3) is 0 Å². The Morgan fingerprint density at radius 1 is 0.857 bits per heavy atom. The molecule has 0 bridgehead atoms. The van der Waals surface area contributed by atoms with E-state index in [2.05, 4.69) is 17.1 Å². The fourth-order valence-electron chi connectivity index (χ4n) is 2.18. The third-order valence-corrected chi connectivity index (χ3v) is 4.26. The van der Waals surface area contributed by atoms with Gasteiger partial charge in [0.2, 0.25) is 5.09 Å². The lowest BCUT2D eigenvalue weighted by atomic mass is 10.0. The van der Waals surface area contributed by atoms with Crippen LogP contribution in [-0.4, -0.2) is 19.9 Å². The van der Waals surface area contributed by atoms with E-state index in [9.17, 15) is 0 Å². The van der Waals surface area contributed by atoms with Crippen LogP contribution in [-0.2, 0) is 9.47 Å². The Hall–Kier alpha value is -2.20. The molecule has 0 atom stereocenters. The number of hydrogen-bond acceptors (Lipinski definition) is 4. The zero-order chi connectivity index (χ0) is 14.7. The van der Waals surface area contributed by atoms with Gasteiger partial charge in [0, 0.05) is 16.0 Å². The van der Waals surface area contributed by atoms with E-state index < -0.39 is 0 Å². The molecule has 0 unspecified atom stereocenters. The predicted molar refractivity (Wildman–Crippen MR) is 85.4 cm³/mol. The van der Waals surface area contributed by atoms with Crippen LogP contribution >= 0.6 is 11.8 Å². The lowest BCUT2D eigenvalue weighted by molar-refractivity contribution is 0.240. The number of benzene rings is 2. The van der Waals surface area contributed by atoms with Gasteiger partial charge >= 0.3 is 0 Å². The van der Waals surface area contributed by atoms with E-state index in [1.54, 1.807) is 14.2 Å². The standard InChI is InChI=1S/C17H15NO2S/c1-19-16-17(20-2)21-14-11-7-6-10-13(14)15(18-16)12-8-4-3-5-9-12/h3-11H,1-2H3. The van der Waals surface area contributed by atoms with Gasteiger partial charge in [-0.05, 0) is 17.8 Å². The number of ether oxygens (including phenoxy) is 2. The molecule has 3 rings (SSSR count). The molecule has 1 heterocycles. The molecule has 0 amide bonds. The van der Waals surface area contributed by atoms with Crippen LogP contribution in [0.3, 0.4) is 0 Å². The van der Waals surface area contributed by atoms with E-state index in [1.165, 1.54) is 11.8 Å². The lowest BCUT2D eigenvalue weighted by Gasteiger charge is -2.08. The molecule has 0 saturated carbocycles. The first-order chi connectivity index (χ1) is 10.3. The Balaban J connectivity index is 2.23. The summed E-state index contributed by atoms with van der Waals surface area (Å²) >= 11 is 1.53. The van der Waals surface area contributed by atoms with Gasteiger partial charge in [-0.15, -0.1) is 0 Å². The smallest absolute Gasteiger partial charge is 0.264 e. The quantitative estimate of drug-likeness (QED) is 0.856. The van der Waals surface area contributed by atoms with E-state index >= 15 is 0 Å². The molecule has 0 spiro atoms. The maximum absolute atomic E-state index is 5.43. The summed E-state index contributed by atoms with van der Waals surface area (Å²) in [5, 5.41) is 0.663. The van der Waals surface area contributed by atoms with Gasteiger partial charge in [-0.2, -0.15) is 0 Å². The fraction of sp³-hybridized carbons (Fsp3) is 0.118. The zero-order valence-electron chi connectivity index (χ0n) is 11.9. The largest absolute Gasteiger partial charge is 0.486 e. The minimum atomic E-state index is 0.498. The molecule has 21 heavy (non-hydrogen) atoms. The summed E-state index contributed by atoms with van der Waals surface area (Å²) in [7, 11) is 3.24. The summed E-state index contributed by atoms with van der Waals surface area (Å²) in [6, 6.07) is 18.3. The summed E-state index contributed by atoms with van der Waals surface area (Å²) in [6.45, 7) is 0. The van der Waals surface area contributed by atoms with Crippen LogP contribution in [0.4, 0.5) is 0 Å². The average Bonchev–Trinajstić information content (AvgIpc) is 2.72. The van der Waals surface area contributed by atoms with Crippen molar-refractivity contribution in [2.24, 2.45) is 4.99 Å². The Morgan fingerprint density at radius 2 is 1.57 bits per heavy atom. The summed E-state index contributed by atoms with van der Waals surface area (Å²) in [5.74, 6) is 0.498. The van der Waals surface area contributed by atoms with Crippen molar-refractivity contribution in [3.8, 4) is 0 Å². The second-order valence-corrected chi connectivity index (χ2v) is 5.44. The van der Waals surface area contributed by atoms with Gasteiger partial charge in [-0.3, -0.25) is 0 Å². The number of methoxy groups -OCH3 is 2. The average molecular weight is 297 g/mol. The summed E-state index contributed by atoms with van der Waals surface area (Å²) in [4.78, 5) is 5.79. The normalized spacial score (nSPS) is 14.1. The topological polar surface area (TPSA) is 30.8 Å². The minimum Gasteiger partial charge on any atom is -0.486 e. The second-order valence-electron chi connectivity index (χ2n) is 4.43. The summed E-state index contributed by atoms with van der Waals surface area (Å²) < 4.78 is 10.8.